The summed E-state index contributed by atoms with van der Waals surface area (Å²) in [4.78, 5) is 0. The van der Waals surface area contributed by atoms with Gasteiger partial charge in [0.2, 0.25) is 0 Å². The van der Waals surface area contributed by atoms with Gasteiger partial charge in [-0.1, -0.05) is 13.2 Å². The van der Waals surface area contributed by atoms with Crippen molar-refractivity contribution in [1.82, 2.24) is 0 Å². The van der Waals surface area contributed by atoms with Crippen LogP contribution in [0.15, 0.2) is 25.7 Å². The standard InChI is InChI=1S/C18H28O4/c1-3-19-7-9-21-16-12-15-13-5-6-14(11-13)17(15)18(16)22-10-8-20-4-2/h3-4,13-18H,1-2,5-12H2. The summed E-state index contributed by atoms with van der Waals surface area (Å²) in [7, 11) is 0. The van der Waals surface area contributed by atoms with Crippen LogP contribution in [-0.4, -0.2) is 38.6 Å². The van der Waals surface area contributed by atoms with Crippen LogP contribution in [0.25, 0.3) is 0 Å². The molecule has 6 unspecified atom stereocenters. The predicted molar refractivity (Wildman–Crippen MR) is 84.2 cm³/mol. The Hall–Kier alpha value is -1.00. The van der Waals surface area contributed by atoms with Crippen molar-refractivity contribution < 1.29 is 18.9 Å². The minimum Gasteiger partial charge on any atom is -0.499 e. The maximum absolute atomic E-state index is 6.18. The average Bonchev–Trinajstić information content (AvgIpc) is 3.20. The van der Waals surface area contributed by atoms with Gasteiger partial charge in [0.15, 0.2) is 0 Å². The van der Waals surface area contributed by atoms with Crippen LogP contribution in [0.4, 0.5) is 0 Å². The van der Waals surface area contributed by atoms with E-state index in [1.165, 1.54) is 31.8 Å². The number of rotatable bonds is 10. The molecule has 0 aromatic rings. The summed E-state index contributed by atoms with van der Waals surface area (Å²) < 4.78 is 22.6. The van der Waals surface area contributed by atoms with Crippen LogP contribution in [0, 0.1) is 23.7 Å². The number of hydrogen-bond donors (Lipinski definition) is 0. The lowest BCUT2D eigenvalue weighted by molar-refractivity contribution is -0.0912. The van der Waals surface area contributed by atoms with Gasteiger partial charge in [0.25, 0.3) is 0 Å². The van der Waals surface area contributed by atoms with Gasteiger partial charge in [0.1, 0.15) is 13.2 Å². The Labute approximate surface area is 133 Å². The Morgan fingerprint density at radius 3 is 2.23 bits per heavy atom. The quantitative estimate of drug-likeness (QED) is 0.459. The molecular formula is C18H28O4. The summed E-state index contributed by atoms with van der Waals surface area (Å²) >= 11 is 0. The van der Waals surface area contributed by atoms with Crippen molar-refractivity contribution in [2.75, 3.05) is 26.4 Å². The Morgan fingerprint density at radius 1 is 0.818 bits per heavy atom. The maximum Gasteiger partial charge on any atom is 0.111 e. The topological polar surface area (TPSA) is 36.9 Å². The van der Waals surface area contributed by atoms with E-state index >= 15 is 0 Å². The van der Waals surface area contributed by atoms with Crippen LogP contribution in [0.5, 0.6) is 0 Å². The molecule has 3 fully saturated rings. The molecule has 3 aliphatic carbocycles. The van der Waals surface area contributed by atoms with Crippen molar-refractivity contribution in [3.05, 3.63) is 25.7 Å². The van der Waals surface area contributed by atoms with Crippen LogP contribution in [0.3, 0.4) is 0 Å². The molecule has 124 valence electrons. The van der Waals surface area contributed by atoms with Crippen molar-refractivity contribution in [3.8, 4) is 0 Å². The molecule has 4 nitrogen and oxygen atoms in total. The lowest BCUT2D eigenvalue weighted by atomic mass is 9.81. The summed E-state index contributed by atoms with van der Waals surface area (Å²) in [5, 5.41) is 0. The predicted octanol–water partition coefficient (Wildman–Crippen LogP) is 3.14. The molecule has 0 heterocycles. The normalized spacial score (nSPS) is 38.7. The first-order valence-corrected chi connectivity index (χ1v) is 8.53. The zero-order chi connectivity index (χ0) is 15.4. The third-order valence-electron chi connectivity index (χ3n) is 5.69. The molecular weight excluding hydrogens is 280 g/mol. The molecule has 6 atom stereocenters. The number of hydrogen-bond acceptors (Lipinski definition) is 4. The average molecular weight is 308 g/mol. The second-order valence-corrected chi connectivity index (χ2v) is 6.63. The van der Waals surface area contributed by atoms with Crippen molar-refractivity contribution >= 4 is 0 Å². The first-order chi connectivity index (χ1) is 10.8. The molecule has 3 aliphatic rings. The molecule has 0 aromatic carbocycles. The fourth-order valence-electron chi connectivity index (χ4n) is 4.99. The highest BCUT2D eigenvalue weighted by atomic mass is 16.6. The molecule has 4 heteroatoms. The summed E-state index contributed by atoms with van der Waals surface area (Å²) in [6.45, 7) is 9.46. The van der Waals surface area contributed by atoms with Gasteiger partial charge in [-0.05, 0) is 49.4 Å². The highest BCUT2D eigenvalue weighted by Gasteiger charge is 2.57. The molecule has 0 aromatic heterocycles. The van der Waals surface area contributed by atoms with E-state index in [-0.39, 0.29) is 12.2 Å². The Balaban J connectivity index is 1.55. The smallest absolute Gasteiger partial charge is 0.111 e. The molecule has 2 bridgehead atoms. The third kappa shape index (κ3) is 3.18. The first kappa shape index (κ1) is 15.9. The van der Waals surface area contributed by atoms with Gasteiger partial charge < -0.3 is 18.9 Å². The van der Waals surface area contributed by atoms with E-state index < -0.39 is 0 Å². The molecule has 0 spiro atoms. The van der Waals surface area contributed by atoms with Crippen molar-refractivity contribution in [2.45, 2.75) is 37.9 Å². The zero-order valence-corrected chi connectivity index (χ0v) is 13.3. The lowest BCUT2D eigenvalue weighted by Gasteiger charge is -2.30. The largest absolute Gasteiger partial charge is 0.499 e. The van der Waals surface area contributed by atoms with E-state index in [0.29, 0.717) is 32.3 Å². The minimum absolute atomic E-state index is 0.204. The summed E-state index contributed by atoms with van der Waals surface area (Å²) in [6.07, 6.45) is 8.70. The number of ether oxygens (including phenoxy) is 4. The van der Waals surface area contributed by atoms with Gasteiger partial charge in [0.05, 0.1) is 37.9 Å². The Bertz CT molecular complexity index is 383. The fourth-order valence-corrected chi connectivity index (χ4v) is 4.99. The summed E-state index contributed by atoms with van der Waals surface area (Å²) in [5.41, 5.74) is 0. The molecule has 3 rings (SSSR count). The van der Waals surface area contributed by atoms with Crippen LogP contribution < -0.4 is 0 Å². The van der Waals surface area contributed by atoms with E-state index in [0.717, 1.165) is 24.2 Å². The van der Waals surface area contributed by atoms with Gasteiger partial charge in [-0.15, -0.1) is 0 Å². The van der Waals surface area contributed by atoms with E-state index in [1.807, 2.05) is 0 Å². The first-order valence-electron chi connectivity index (χ1n) is 8.53. The van der Waals surface area contributed by atoms with Crippen LogP contribution in [-0.2, 0) is 18.9 Å². The second kappa shape index (κ2) is 7.51. The molecule has 0 saturated heterocycles. The van der Waals surface area contributed by atoms with Gasteiger partial charge in [-0.3, -0.25) is 0 Å². The van der Waals surface area contributed by atoms with Gasteiger partial charge in [-0.25, -0.2) is 0 Å². The highest BCUT2D eigenvalue weighted by Crippen LogP contribution is 2.59. The van der Waals surface area contributed by atoms with E-state index in [4.69, 9.17) is 18.9 Å². The molecule has 0 aliphatic heterocycles. The monoisotopic (exact) mass is 308 g/mol. The second-order valence-electron chi connectivity index (χ2n) is 6.63. The van der Waals surface area contributed by atoms with Crippen molar-refractivity contribution in [3.63, 3.8) is 0 Å². The maximum atomic E-state index is 6.18. The van der Waals surface area contributed by atoms with Gasteiger partial charge in [-0.2, -0.15) is 0 Å². The van der Waals surface area contributed by atoms with Crippen LogP contribution in [0.1, 0.15) is 25.7 Å². The Kier molecular flexibility index (Phi) is 5.42. The SMILES string of the molecule is C=COCCOC1CC2C3CCC(C3)C2C1OCCOC=C. The molecule has 0 N–H and O–H groups in total. The van der Waals surface area contributed by atoms with Gasteiger partial charge in [0, 0.05) is 0 Å². The number of fused-ring (bicyclic) bond motifs is 5. The van der Waals surface area contributed by atoms with Crippen molar-refractivity contribution in [2.24, 2.45) is 23.7 Å². The van der Waals surface area contributed by atoms with E-state index in [1.54, 1.807) is 0 Å². The molecule has 3 saturated carbocycles. The molecule has 0 amide bonds. The fraction of sp³-hybridized carbons (Fsp3) is 0.778. The highest BCUT2D eigenvalue weighted by molar-refractivity contribution is 5.06. The third-order valence-corrected chi connectivity index (χ3v) is 5.69. The van der Waals surface area contributed by atoms with Crippen molar-refractivity contribution in [1.29, 1.82) is 0 Å². The zero-order valence-electron chi connectivity index (χ0n) is 13.3. The van der Waals surface area contributed by atoms with Gasteiger partial charge >= 0.3 is 0 Å². The molecule has 0 radical (unpaired) electrons. The lowest BCUT2D eigenvalue weighted by Crippen LogP contribution is -2.35. The summed E-state index contributed by atoms with van der Waals surface area (Å²) in [5.74, 6) is 3.24. The summed E-state index contributed by atoms with van der Waals surface area (Å²) in [6, 6.07) is 0. The van der Waals surface area contributed by atoms with Crippen LogP contribution in [0.2, 0.25) is 0 Å². The Morgan fingerprint density at radius 2 is 1.50 bits per heavy atom. The molecule has 22 heavy (non-hydrogen) atoms. The van der Waals surface area contributed by atoms with E-state index in [2.05, 4.69) is 13.2 Å². The minimum atomic E-state index is 0.204. The van der Waals surface area contributed by atoms with E-state index in [9.17, 15) is 0 Å². The van der Waals surface area contributed by atoms with Crippen LogP contribution >= 0.6 is 0 Å².